The summed E-state index contributed by atoms with van der Waals surface area (Å²) in [5.41, 5.74) is 1.42. The van der Waals surface area contributed by atoms with Crippen molar-refractivity contribution in [1.29, 1.82) is 0 Å². The maximum Gasteiger partial charge on any atom is 0.416 e. The quantitative estimate of drug-likeness (QED) is 0.297. The molecule has 0 unspecified atom stereocenters. The van der Waals surface area contributed by atoms with Crippen LogP contribution in [0.4, 0.5) is 18.9 Å². The third-order valence-electron chi connectivity index (χ3n) is 5.35. The minimum absolute atomic E-state index is 0.000317. The van der Waals surface area contributed by atoms with E-state index in [1.807, 2.05) is 0 Å². The van der Waals surface area contributed by atoms with Gasteiger partial charge in [0.25, 0.3) is 5.91 Å². The van der Waals surface area contributed by atoms with Crippen molar-refractivity contribution in [3.8, 4) is 5.75 Å². The van der Waals surface area contributed by atoms with Crippen molar-refractivity contribution in [2.24, 2.45) is 0 Å². The van der Waals surface area contributed by atoms with E-state index in [4.69, 9.17) is 27.9 Å². The summed E-state index contributed by atoms with van der Waals surface area (Å²) in [5.74, 6) is -0.0931. The van der Waals surface area contributed by atoms with Gasteiger partial charge < -0.3 is 10.1 Å². The molecule has 0 spiro atoms. The summed E-state index contributed by atoms with van der Waals surface area (Å²) >= 11 is 12.1. The molecule has 0 saturated carbocycles. The summed E-state index contributed by atoms with van der Waals surface area (Å²) < 4.78 is 47.7. The Hall–Kier alpha value is -3.50. The van der Waals surface area contributed by atoms with Crippen LogP contribution >= 0.6 is 23.2 Å². The molecule has 0 saturated heterocycles. The van der Waals surface area contributed by atoms with Crippen molar-refractivity contribution in [2.75, 3.05) is 5.32 Å². The molecule has 2 aromatic carbocycles. The van der Waals surface area contributed by atoms with E-state index in [2.05, 4.69) is 15.5 Å². The smallest absolute Gasteiger partial charge is 0.416 e. The Bertz CT molecular complexity index is 1420. The molecule has 7 nitrogen and oxygen atoms in total. The van der Waals surface area contributed by atoms with Gasteiger partial charge in [0.15, 0.2) is 12.4 Å². The zero-order chi connectivity index (χ0) is 26.0. The second kappa shape index (κ2) is 10.2. The van der Waals surface area contributed by atoms with Gasteiger partial charge in [-0.3, -0.25) is 9.48 Å². The number of nitrogens with one attached hydrogen (secondary N) is 1. The van der Waals surface area contributed by atoms with Gasteiger partial charge >= 0.3 is 6.18 Å². The summed E-state index contributed by atoms with van der Waals surface area (Å²) in [6, 6.07) is 11.6. The van der Waals surface area contributed by atoms with Crippen molar-refractivity contribution < 1.29 is 22.7 Å². The molecule has 36 heavy (non-hydrogen) atoms. The number of alkyl halides is 3. The Labute approximate surface area is 214 Å². The number of hydrogen-bond acceptors (Lipinski definition) is 4. The van der Waals surface area contributed by atoms with E-state index in [9.17, 15) is 18.0 Å². The highest BCUT2D eigenvalue weighted by Crippen LogP contribution is 2.32. The molecule has 4 aromatic rings. The number of ether oxygens (including phenoxy) is 1. The number of nitrogens with zero attached hydrogens (tertiary/aromatic N) is 4. The van der Waals surface area contributed by atoms with E-state index in [-0.39, 0.29) is 24.0 Å². The van der Waals surface area contributed by atoms with Crippen LogP contribution in [-0.4, -0.2) is 25.5 Å². The minimum Gasteiger partial charge on any atom is -0.470 e. The van der Waals surface area contributed by atoms with Gasteiger partial charge in [-0.25, -0.2) is 4.68 Å². The van der Waals surface area contributed by atoms with E-state index < -0.39 is 17.6 Å². The molecule has 0 fully saturated rings. The van der Waals surface area contributed by atoms with Crippen LogP contribution in [0.25, 0.3) is 0 Å². The largest absolute Gasteiger partial charge is 0.470 e. The summed E-state index contributed by atoms with van der Waals surface area (Å²) in [5, 5.41) is 12.0. The summed E-state index contributed by atoms with van der Waals surface area (Å²) in [4.78, 5) is 12.8. The van der Waals surface area contributed by atoms with Crippen LogP contribution in [0.3, 0.4) is 0 Å². The summed E-state index contributed by atoms with van der Waals surface area (Å²) in [6.45, 7) is 3.54. The molecule has 1 N–H and O–H groups in total. The SMILES string of the molecule is Cc1nn(Cc2cccc(C(F)(F)F)c2)c(C)c1NC(=O)c1ccn(COc2cccc(Cl)c2Cl)n1. The molecule has 4 rings (SSSR count). The Morgan fingerprint density at radius 2 is 1.83 bits per heavy atom. The molecular formula is C24H20Cl2F3N5O2. The van der Waals surface area contributed by atoms with Crippen LogP contribution < -0.4 is 10.1 Å². The van der Waals surface area contributed by atoms with E-state index in [1.165, 1.54) is 16.8 Å². The van der Waals surface area contributed by atoms with E-state index in [1.54, 1.807) is 49.0 Å². The summed E-state index contributed by atoms with van der Waals surface area (Å²) in [7, 11) is 0. The molecular weight excluding hydrogens is 518 g/mol. The fourth-order valence-corrected chi connectivity index (χ4v) is 3.86. The standard InChI is InChI=1S/C24H20Cl2F3N5O2/c1-14-22(15(2)34(31-14)12-16-5-3-6-17(11-16)24(27,28)29)30-23(35)19-9-10-33(32-19)13-36-20-8-4-7-18(25)21(20)26/h3-11H,12-13H2,1-2H3,(H,30,35). The zero-order valence-corrected chi connectivity index (χ0v) is 20.6. The number of anilines is 1. The monoisotopic (exact) mass is 537 g/mol. The van der Waals surface area contributed by atoms with Crippen molar-refractivity contribution in [2.45, 2.75) is 33.3 Å². The first-order valence-electron chi connectivity index (χ1n) is 10.6. The fraction of sp³-hybridized carbons (Fsp3) is 0.208. The Kier molecular flexibility index (Phi) is 7.28. The average Bonchev–Trinajstić information content (AvgIpc) is 3.40. The number of amides is 1. The lowest BCUT2D eigenvalue weighted by Gasteiger charge is -2.10. The van der Waals surface area contributed by atoms with Crippen molar-refractivity contribution >= 4 is 34.8 Å². The normalized spacial score (nSPS) is 11.5. The highest BCUT2D eigenvalue weighted by molar-refractivity contribution is 6.42. The van der Waals surface area contributed by atoms with Gasteiger partial charge in [0.1, 0.15) is 10.8 Å². The topological polar surface area (TPSA) is 74.0 Å². The van der Waals surface area contributed by atoms with Crippen LogP contribution in [0.2, 0.25) is 10.0 Å². The Morgan fingerprint density at radius 1 is 1.08 bits per heavy atom. The van der Waals surface area contributed by atoms with E-state index in [0.717, 1.165) is 12.1 Å². The maximum atomic E-state index is 13.0. The van der Waals surface area contributed by atoms with Gasteiger partial charge in [0, 0.05) is 6.20 Å². The van der Waals surface area contributed by atoms with Crippen LogP contribution in [0.5, 0.6) is 5.75 Å². The van der Waals surface area contributed by atoms with Gasteiger partial charge in [0.2, 0.25) is 0 Å². The molecule has 0 radical (unpaired) electrons. The molecule has 0 aliphatic heterocycles. The molecule has 0 aliphatic carbocycles. The first kappa shape index (κ1) is 25.6. The number of hydrogen-bond donors (Lipinski definition) is 1. The van der Waals surface area contributed by atoms with Gasteiger partial charge in [-0.1, -0.05) is 41.4 Å². The predicted octanol–water partition coefficient (Wildman–Crippen LogP) is 6.36. The van der Waals surface area contributed by atoms with Crippen molar-refractivity contribution in [1.82, 2.24) is 19.6 Å². The highest BCUT2D eigenvalue weighted by Gasteiger charge is 2.30. The average molecular weight is 538 g/mol. The number of aryl methyl sites for hydroxylation is 1. The number of benzene rings is 2. The van der Waals surface area contributed by atoms with E-state index >= 15 is 0 Å². The molecule has 1 amide bonds. The second-order valence-electron chi connectivity index (χ2n) is 7.92. The zero-order valence-electron chi connectivity index (χ0n) is 19.1. The molecule has 0 aliphatic rings. The third kappa shape index (κ3) is 5.66. The molecule has 0 bridgehead atoms. The second-order valence-corrected chi connectivity index (χ2v) is 8.71. The molecule has 188 valence electrons. The van der Waals surface area contributed by atoms with E-state index in [0.29, 0.717) is 33.4 Å². The Morgan fingerprint density at radius 3 is 2.58 bits per heavy atom. The lowest BCUT2D eigenvalue weighted by atomic mass is 10.1. The molecule has 0 atom stereocenters. The van der Waals surface area contributed by atoms with Gasteiger partial charge in [0.05, 0.1) is 34.2 Å². The number of carbonyl (C=O) groups is 1. The lowest BCUT2D eigenvalue weighted by Crippen LogP contribution is -2.15. The molecule has 12 heteroatoms. The minimum atomic E-state index is -4.43. The predicted molar refractivity (Wildman–Crippen MR) is 130 cm³/mol. The highest BCUT2D eigenvalue weighted by atomic mass is 35.5. The number of halogens is 5. The number of aromatic nitrogens is 4. The van der Waals surface area contributed by atoms with Gasteiger partial charge in [-0.15, -0.1) is 0 Å². The van der Waals surface area contributed by atoms with Gasteiger partial charge in [-0.2, -0.15) is 23.4 Å². The first-order chi connectivity index (χ1) is 17.0. The molecule has 2 heterocycles. The van der Waals surface area contributed by atoms with Gasteiger partial charge in [-0.05, 0) is 49.7 Å². The fourth-order valence-electron chi connectivity index (χ4n) is 3.51. The number of carbonyl (C=O) groups excluding carboxylic acids is 1. The Balaban J connectivity index is 1.44. The third-order valence-corrected chi connectivity index (χ3v) is 6.15. The molecule has 2 aromatic heterocycles. The van der Waals surface area contributed by atoms with Crippen molar-refractivity contribution in [3.05, 3.63) is 93.0 Å². The lowest BCUT2D eigenvalue weighted by molar-refractivity contribution is -0.137. The van der Waals surface area contributed by atoms with Crippen molar-refractivity contribution in [3.63, 3.8) is 0 Å². The van der Waals surface area contributed by atoms with Crippen LogP contribution in [0, 0.1) is 13.8 Å². The van der Waals surface area contributed by atoms with Crippen LogP contribution in [0.1, 0.15) is 33.0 Å². The maximum absolute atomic E-state index is 13.0. The van der Waals surface area contributed by atoms with Crippen LogP contribution in [-0.2, 0) is 19.5 Å². The van der Waals surface area contributed by atoms with Crippen LogP contribution in [0.15, 0.2) is 54.7 Å². The first-order valence-corrected chi connectivity index (χ1v) is 11.4. The number of rotatable bonds is 7. The summed E-state index contributed by atoms with van der Waals surface area (Å²) in [6.07, 6.45) is -2.86.